The molecule has 0 spiro atoms. The van der Waals surface area contributed by atoms with Crippen molar-refractivity contribution < 1.29 is 4.74 Å². The summed E-state index contributed by atoms with van der Waals surface area (Å²) in [5.74, 6) is 2.11. The van der Waals surface area contributed by atoms with E-state index in [-0.39, 0.29) is 0 Å². The van der Waals surface area contributed by atoms with Gasteiger partial charge in [-0.15, -0.1) is 0 Å². The minimum atomic E-state index is 0.322. The second-order valence-corrected chi connectivity index (χ2v) is 6.76. The predicted octanol–water partition coefficient (Wildman–Crippen LogP) is 4.11. The molecule has 0 saturated carbocycles. The molecule has 26 heavy (non-hydrogen) atoms. The lowest BCUT2D eigenvalue weighted by atomic mass is 10.0. The van der Waals surface area contributed by atoms with E-state index in [1.165, 1.54) is 16.7 Å². The molecule has 4 rings (SSSR count). The molecule has 2 heterocycles. The third kappa shape index (κ3) is 3.65. The Kier molecular flexibility index (Phi) is 5.02. The van der Waals surface area contributed by atoms with Gasteiger partial charge in [0.25, 0.3) is 0 Å². The number of hydrogen-bond acceptors (Lipinski definition) is 3. The lowest BCUT2D eigenvalue weighted by Crippen LogP contribution is -2.22. The Labute approximate surface area is 154 Å². The highest BCUT2D eigenvalue weighted by atomic mass is 16.5. The van der Waals surface area contributed by atoms with Crippen molar-refractivity contribution in [1.82, 2.24) is 14.9 Å². The van der Waals surface area contributed by atoms with Crippen molar-refractivity contribution in [2.45, 2.75) is 38.9 Å². The standard InChI is InChI=1S/C22H25N3O/c1-2-20(18-8-9-21-19(14-18)10-13-26-21)24-15-22-23-11-12-25(22)16-17-6-4-3-5-7-17/h3-9,11-12,14,20,24H,2,10,13,15-16H2,1H3/t20-/m0/s1. The molecule has 134 valence electrons. The summed E-state index contributed by atoms with van der Waals surface area (Å²) in [5.41, 5.74) is 3.95. The van der Waals surface area contributed by atoms with Crippen LogP contribution in [0.5, 0.6) is 5.75 Å². The first-order chi connectivity index (χ1) is 12.8. The molecule has 1 atom stereocenters. The minimum absolute atomic E-state index is 0.322. The van der Waals surface area contributed by atoms with Crippen LogP contribution in [0.1, 0.15) is 41.9 Å². The molecule has 1 aliphatic heterocycles. The molecule has 0 radical (unpaired) electrons. The molecule has 0 fully saturated rings. The van der Waals surface area contributed by atoms with Gasteiger partial charge >= 0.3 is 0 Å². The number of ether oxygens (including phenoxy) is 1. The van der Waals surface area contributed by atoms with Crippen molar-refractivity contribution in [2.75, 3.05) is 6.61 Å². The molecular formula is C22H25N3O. The molecule has 0 saturated heterocycles. The topological polar surface area (TPSA) is 39.1 Å². The van der Waals surface area contributed by atoms with E-state index in [1.54, 1.807) is 0 Å². The molecular weight excluding hydrogens is 322 g/mol. The largest absolute Gasteiger partial charge is 0.493 e. The van der Waals surface area contributed by atoms with Gasteiger partial charge in [0.1, 0.15) is 11.6 Å². The van der Waals surface area contributed by atoms with Gasteiger partial charge < -0.3 is 14.6 Å². The van der Waals surface area contributed by atoms with Crippen molar-refractivity contribution in [1.29, 1.82) is 0 Å². The zero-order valence-electron chi connectivity index (χ0n) is 15.2. The average Bonchev–Trinajstić information content (AvgIpc) is 3.32. The van der Waals surface area contributed by atoms with Crippen LogP contribution in [-0.2, 0) is 19.5 Å². The summed E-state index contributed by atoms with van der Waals surface area (Å²) in [6.45, 7) is 4.63. The molecule has 4 nitrogen and oxygen atoms in total. The van der Waals surface area contributed by atoms with Crippen LogP contribution < -0.4 is 10.1 Å². The monoisotopic (exact) mass is 347 g/mol. The van der Waals surface area contributed by atoms with Crippen LogP contribution in [0, 0.1) is 0 Å². The predicted molar refractivity (Wildman–Crippen MR) is 103 cm³/mol. The van der Waals surface area contributed by atoms with Gasteiger partial charge in [0.05, 0.1) is 13.2 Å². The maximum absolute atomic E-state index is 5.62. The van der Waals surface area contributed by atoms with Gasteiger partial charge in [-0.05, 0) is 29.2 Å². The van der Waals surface area contributed by atoms with Gasteiger partial charge in [0.15, 0.2) is 0 Å². The van der Waals surface area contributed by atoms with E-state index in [0.29, 0.717) is 6.04 Å². The van der Waals surface area contributed by atoms with Crippen LogP contribution in [0.3, 0.4) is 0 Å². The minimum Gasteiger partial charge on any atom is -0.493 e. The van der Waals surface area contributed by atoms with E-state index in [0.717, 1.165) is 44.1 Å². The zero-order valence-corrected chi connectivity index (χ0v) is 15.2. The zero-order chi connectivity index (χ0) is 17.8. The quantitative estimate of drug-likeness (QED) is 0.699. The van der Waals surface area contributed by atoms with Gasteiger partial charge in [-0.3, -0.25) is 0 Å². The highest BCUT2D eigenvalue weighted by Crippen LogP contribution is 2.29. The van der Waals surface area contributed by atoms with Crippen LogP contribution >= 0.6 is 0 Å². The Hall–Kier alpha value is -2.59. The SMILES string of the molecule is CC[C@H](NCc1nccn1Cc1ccccc1)c1ccc2c(c1)CCO2. The number of imidazole rings is 1. The Morgan fingerprint density at radius 2 is 2.08 bits per heavy atom. The number of rotatable bonds is 7. The van der Waals surface area contributed by atoms with Crippen LogP contribution in [0.4, 0.5) is 0 Å². The molecule has 2 aromatic carbocycles. The number of fused-ring (bicyclic) bond motifs is 1. The average molecular weight is 347 g/mol. The summed E-state index contributed by atoms with van der Waals surface area (Å²) in [7, 11) is 0. The van der Waals surface area contributed by atoms with Crippen LogP contribution in [0.2, 0.25) is 0 Å². The van der Waals surface area contributed by atoms with Crippen molar-refractivity contribution in [2.24, 2.45) is 0 Å². The van der Waals surface area contributed by atoms with Gasteiger partial charge in [-0.2, -0.15) is 0 Å². The highest BCUT2D eigenvalue weighted by Gasteiger charge is 2.16. The first-order valence-corrected chi connectivity index (χ1v) is 9.36. The molecule has 0 aliphatic carbocycles. The van der Waals surface area contributed by atoms with Gasteiger partial charge in [-0.25, -0.2) is 4.98 Å². The Bertz CT molecular complexity index is 857. The third-order valence-corrected chi connectivity index (χ3v) is 5.03. The van der Waals surface area contributed by atoms with Crippen molar-refractivity contribution in [3.8, 4) is 5.75 Å². The lowest BCUT2D eigenvalue weighted by Gasteiger charge is -2.18. The van der Waals surface area contributed by atoms with Crippen LogP contribution in [-0.4, -0.2) is 16.2 Å². The smallest absolute Gasteiger partial charge is 0.122 e. The number of benzene rings is 2. The maximum atomic E-state index is 5.62. The van der Waals surface area contributed by atoms with Crippen molar-refractivity contribution in [3.05, 3.63) is 83.4 Å². The third-order valence-electron chi connectivity index (χ3n) is 5.03. The summed E-state index contributed by atoms with van der Waals surface area (Å²) in [6.07, 6.45) is 5.99. The molecule has 1 N–H and O–H groups in total. The Morgan fingerprint density at radius 1 is 1.19 bits per heavy atom. The fraction of sp³-hybridized carbons (Fsp3) is 0.318. The molecule has 3 aromatic rings. The molecule has 1 aromatic heterocycles. The first-order valence-electron chi connectivity index (χ1n) is 9.36. The molecule has 0 unspecified atom stereocenters. The first kappa shape index (κ1) is 16.9. The second-order valence-electron chi connectivity index (χ2n) is 6.76. The van der Waals surface area contributed by atoms with Gasteiger partial charge in [-0.1, -0.05) is 49.4 Å². The van der Waals surface area contributed by atoms with Gasteiger partial charge in [0.2, 0.25) is 0 Å². The van der Waals surface area contributed by atoms with E-state index >= 15 is 0 Å². The maximum Gasteiger partial charge on any atom is 0.122 e. The number of nitrogens with one attached hydrogen (secondary N) is 1. The summed E-state index contributed by atoms with van der Waals surface area (Å²) < 4.78 is 7.84. The highest BCUT2D eigenvalue weighted by molar-refractivity contribution is 5.40. The Morgan fingerprint density at radius 3 is 2.92 bits per heavy atom. The molecule has 4 heteroatoms. The van der Waals surface area contributed by atoms with Crippen molar-refractivity contribution in [3.63, 3.8) is 0 Å². The number of aromatic nitrogens is 2. The summed E-state index contributed by atoms with van der Waals surface area (Å²) in [5, 5.41) is 3.68. The lowest BCUT2D eigenvalue weighted by molar-refractivity contribution is 0.356. The van der Waals surface area contributed by atoms with E-state index in [4.69, 9.17) is 4.74 Å². The fourth-order valence-electron chi connectivity index (χ4n) is 3.57. The molecule has 0 bridgehead atoms. The normalized spacial score (nSPS) is 14.0. The van der Waals surface area contributed by atoms with E-state index in [9.17, 15) is 0 Å². The number of nitrogens with zero attached hydrogens (tertiary/aromatic N) is 2. The molecule has 1 aliphatic rings. The van der Waals surface area contributed by atoms with Crippen LogP contribution in [0.15, 0.2) is 60.9 Å². The Balaban J connectivity index is 1.44. The summed E-state index contributed by atoms with van der Waals surface area (Å²) >= 11 is 0. The van der Waals surface area contributed by atoms with E-state index in [2.05, 4.69) is 70.5 Å². The number of hydrogen-bond donors (Lipinski definition) is 1. The second kappa shape index (κ2) is 7.75. The van der Waals surface area contributed by atoms with E-state index in [1.807, 2.05) is 12.3 Å². The van der Waals surface area contributed by atoms with E-state index < -0.39 is 0 Å². The van der Waals surface area contributed by atoms with Crippen LogP contribution in [0.25, 0.3) is 0 Å². The summed E-state index contributed by atoms with van der Waals surface area (Å²) in [4.78, 5) is 4.55. The van der Waals surface area contributed by atoms with Crippen molar-refractivity contribution >= 4 is 0 Å². The molecule has 0 amide bonds. The summed E-state index contributed by atoms with van der Waals surface area (Å²) in [6, 6.07) is 17.4. The van der Waals surface area contributed by atoms with Gasteiger partial charge in [0, 0.05) is 31.4 Å². The fourth-order valence-corrected chi connectivity index (χ4v) is 3.57.